The largest absolute Gasteiger partial charge is 0.494 e. The molecule has 0 bridgehead atoms. The molecule has 2 aromatic heterocycles. The maximum absolute atomic E-state index is 11.8. The van der Waals surface area contributed by atoms with Crippen molar-refractivity contribution < 1.29 is 13.9 Å². The molecular formula is C15H14N4O3S2. The van der Waals surface area contributed by atoms with Gasteiger partial charge < -0.3 is 14.5 Å². The van der Waals surface area contributed by atoms with Gasteiger partial charge in [-0.1, -0.05) is 11.8 Å². The SMILES string of the molecule is CCOc1ccc(-c2nnc(SCC(=O)Nc3nccs3)o2)cc1. The lowest BCUT2D eigenvalue weighted by Gasteiger charge is -2.02. The van der Waals surface area contributed by atoms with Crippen LogP contribution in [0.3, 0.4) is 0 Å². The number of thioether (sulfide) groups is 1. The Balaban J connectivity index is 1.56. The molecule has 2 heterocycles. The molecule has 7 nitrogen and oxygen atoms in total. The van der Waals surface area contributed by atoms with Crippen LogP contribution in [0.1, 0.15) is 6.92 Å². The fourth-order valence-electron chi connectivity index (χ4n) is 1.81. The molecule has 1 N–H and O–H groups in total. The standard InChI is InChI=1S/C15H14N4O3S2/c1-2-21-11-5-3-10(4-6-11)13-18-19-15(22-13)24-9-12(20)17-14-16-7-8-23-14/h3-8H,2,9H2,1H3,(H,16,17,20). The molecule has 0 aliphatic rings. The molecule has 0 spiro atoms. The van der Waals surface area contributed by atoms with E-state index in [2.05, 4.69) is 20.5 Å². The Morgan fingerprint density at radius 1 is 1.33 bits per heavy atom. The molecule has 0 aliphatic carbocycles. The van der Waals surface area contributed by atoms with Crippen molar-refractivity contribution >= 4 is 34.1 Å². The van der Waals surface area contributed by atoms with Crippen molar-refractivity contribution in [2.75, 3.05) is 17.7 Å². The molecule has 0 atom stereocenters. The van der Waals surface area contributed by atoms with Gasteiger partial charge in [-0.25, -0.2) is 4.98 Å². The van der Waals surface area contributed by atoms with Gasteiger partial charge >= 0.3 is 0 Å². The number of carbonyl (C=O) groups excluding carboxylic acids is 1. The lowest BCUT2D eigenvalue weighted by atomic mass is 10.2. The van der Waals surface area contributed by atoms with Crippen molar-refractivity contribution in [3.8, 4) is 17.2 Å². The summed E-state index contributed by atoms with van der Waals surface area (Å²) in [6, 6.07) is 7.39. The summed E-state index contributed by atoms with van der Waals surface area (Å²) in [5.41, 5.74) is 0.796. The first kappa shape index (κ1) is 16.5. The highest BCUT2D eigenvalue weighted by Crippen LogP contribution is 2.25. The number of amides is 1. The summed E-state index contributed by atoms with van der Waals surface area (Å²) in [6.07, 6.45) is 1.63. The summed E-state index contributed by atoms with van der Waals surface area (Å²) in [7, 11) is 0. The number of aromatic nitrogens is 3. The first-order chi connectivity index (χ1) is 11.7. The third-order valence-corrected chi connectivity index (χ3v) is 4.33. The Kier molecular flexibility index (Phi) is 5.44. The van der Waals surface area contributed by atoms with Crippen LogP contribution >= 0.6 is 23.1 Å². The van der Waals surface area contributed by atoms with Crippen LogP contribution in [-0.2, 0) is 4.79 Å². The minimum absolute atomic E-state index is 0.171. The number of hydrogen-bond acceptors (Lipinski definition) is 8. The summed E-state index contributed by atoms with van der Waals surface area (Å²) >= 11 is 2.54. The molecule has 3 rings (SSSR count). The quantitative estimate of drug-likeness (QED) is 0.645. The molecule has 9 heteroatoms. The van der Waals surface area contributed by atoms with Gasteiger partial charge in [0.2, 0.25) is 11.8 Å². The average Bonchev–Trinajstić information content (AvgIpc) is 3.26. The van der Waals surface area contributed by atoms with E-state index < -0.39 is 0 Å². The molecule has 0 radical (unpaired) electrons. The predicted octanol–water partition coefficient (Wildman–Crippen LogP) is 3.32. The summed E-state index contributed by atoms with van der Waals surface area (Å²) in [5, 5.41) is 13.3. The lowest BCUT2D eigenvalue weighted by molar-refractivity contribution is -0.113. The summed E-state index contributed by atoms with van der Waals surface area (Å²) in [5.74, 6) is 1.19. The van der Waals surface area contributed by atoms with Gasteiger partial charge in [0.15, 0.2) is 5.13 Å². The zero-order valence-electron chi connectivity index (χ0n) is 12.8. The molecule has 0 aliphatic heterocycles. The molecule has 0 saturated heterocycles. The van der Waals surface area contributed by atoms with E-state index in [1.165, 1.54) is 23.1 Å². The second-order valence-electron chi connectivity index (χ2n) is 4.50. The minimum atomic E-state index is -0.171. The summed E-state index contributed by atoms with van der Waals surface area (Å²) in [4.78, 5) is 15.8. The van der Waals surface area contributed by atoms with E-state index in [4.69, 9.17) is 9.15 Å². The first-order valence-electron chi connectivity index (χ1n) is 7.13. The van der Waals surface area contributed by atoms with E-state index in [1.54, 1.807) is 11.6 Å². The van der Waals surface area contributed by atoms with Crippen molar-refractivity contribution in [3.05, 3.63) is 35.8 Å². The van der Waals surface area contributed by atoms with Gasteiger partial charge in [-0.3, -0.25) is 4.79 Å². The van der Waals surface area contributed by atoms with Crippen LogP contribution in [0.25, 0.3) is 11.5 Å². The molecule has 124 valence electrons. The van der Waals surface area contributed by atoms with E-state index in [1.807, 2.05) is 31.2 Å². The summed E-state index contributed by atoms with van der Waals surface area (Å²) < 4.78 is 11.0. The molecule has 3 aromatic rings. The fraction of sp³-hybridized carbons (Fsp3) is 0.200. The number of thiazole rings is 1. The van der Waals surface area contributed by atoms with E-state index in [0.29, 0.717) is 22.9 Å². The number of anilines is 1. The monoisotopic (exact) mass is 362 g/mol. The van der Waals surface area contributed by atoms with E-state index in [0.717, 1.165) is 11.3 Å². The minimum Gasteiger partial charge on any atom is -0.494 e. The van der Waals surface area contributed by atoms with Crippen molar-refractivity contribution in [3.63, 3.8) is 0 Å². The zero-order valence-corrected chi connectivity index (χ0v) is 14.4. The van der Waals surface area contributed by atoms with Gasteiger partial charge in [-0.2, -0.15) is 0 Å². The van der Waals surface area contributed by atoms with Crippen LogP contribution in [0.2, 0.25) is 0 Å². The van der Waals surface area contributed by atoms with Gasteiger partial charge in [0.1, 0.15) is 5.75 Å². The van der Waals surface area contributed by atoms with Crippen LogP contribution in [0.5, 0.6) is 5.75 Å². The van der Waals surface area contributed by atoms with Gasteiger partial charge in [-0.05, 0) is 31.2 Å². The van der Waals surface area contributed by atoms with Gasteiger partial charge in [-0.15, -0.1) is 21.5 Å². The maximum atomic E-state index is 11.8. The van der Waals surface area contributed by atoms with Crippen LogP contribution < -0.4 is 10.1 Å². The van der Waals surface area contributed by atoms with E-state index in [9.17, 15) is 4.79 Å². The van der Waals surface area contributed by atoms with E-state index in [-0.39, 0.29) is 11.7 Å². The lowest BCUT2D eigenvalue weighted by Crippen LogP contribution is -2.13. The number of carbonyl (C=O) groups is 1. The van der Waals surface area contributed by atoms with Crippen LogP contribution in [0.4, 0.5) is 5.13 Å². The van der Waals surface area contributed by atoms with Crippen LogP contribution in [0.15, 0.2) is 45.5 Å². The highest BCUT2D eigenvalue weighted by molar-refractivity contribution is 7.99. The number of ether oxygens (including phenoxy) is 1. The highest BCUT2D eigenvalue weighted by Gasteiger charge is 2.12. The Morgan fingerprint density at radius 3 is 2.88 bits per heavy atom. The fourth-order valence-corrected chi connectivity index (χ4v) is 2.92. The Hall–Kier alpha value is -2.39. The molecule has 0 unspecified atom stereocenters. The number of nitrogens with zero attached hydrogens (tertiary/aromatic N) is 3. The number of hydrogen-bond donors (Lipinski definition) is 1. The Bertz CT molecular complexity index is 787. The maximum Gasteiger partial charge on any atom is 0.277 e. The molecule has 0 fully saturated rings. The van der Waals surface area contributed by atoms with Crippen molar-refractivity contribution in [1.29, 1.82) is 0 Å². The van der Waals surface area contributed by atoms with Crippen molar-refractivity contribution in [2.24, 2.45) is 0 Å². The second kappa shape index (κ2) is 7.93. The van der Waals surface area contributed by atoms with E-state index >= 15 is 0 Å². The van der Waals surface area contributed by atoms with Gasteiger partial charge in [0.25, 0.3) is 5.22 Å². The Labute approximate surface area is 146 Å². The topological polar surface area (TPSA) is 90.1 Å². The molecule has 1 aromatic carbocycles. The van der Waals surface area contributed by atoms with Crippen molar-refractivity contribution in [2.45, 2.75) is 12.1 Å². The molecular weight excluding hydrogens is 348 g/mol. The summed E-state index contributed by atoms with van der Waals surface area (Å²) in [6.45, 7) is 2.55. The highest BCUT2D eigenvalue weighted by atomic mass is 32.2. The van der Waals surface area contributed by atoms with Crippen LogP contribution in [-0.4, -0.2) is 33.4 Å². The van der Waals surface area contributed by atoms with Gasteiger partial charge in [0.05, 0.1) is 12.4 Å². The average molecular weight is 362 g/mol. The number of rotatable bonds is 7. The molecule has 0 saturated carbocycles. The first-order valence-corrected chi connectivity index (χ1v) is 9.00. The Morgan fingerprint density at radius 2 is 2.17 bits per heavy atom. The smallest absolute Gasteiger partial charge is 0.277 e. The third kappa shape index (κ3) is 4.33. The molecule has 24 heavy (non-hydrogen) atoms. The zero-order chi connectivity index (χ0) is 16.8. The van der Waals surface area contributed by atoms with Gasteiger partial charge in [0, 0.05) is 17.1 Å². The number of nitrogens with one attached hydrogen (secondary N) is 1. The molecule has 1 amide bonds. The predicted molar refractivity (Wildman–Crippen MR) is 92.4 cm³/mol. The van der Waals surface area contributed by atoms with Crippen LogP contribution in [0, 0.1) is 0 Å². The normalized spacial score (nSPS) is 10.5. The third-order valence-electron chi connectivity index (χ3n) is 2.82. The van der Waals surface area contributed by atoms with Crippen molar-refractivity contribution in [1.82, 2.24) is 15.2 Å². The number of benzene rings is 1. The second-order valence-corrected chi connectivity index (χ2v) is 6.33.